The lowest BCUT2D eigenvalue weighted by atomic mass is 10.0. The third-order valence-corrected chi connectivity index (χ3v) is 3.91. The van der Waals surface area contributed by atoms with Crippen LogP contribution in [0.4, 0.5) is 4.39 Å². The van der Waals surface area contributed by atoms with Crippen LogP contribution in [0.5, 0.6) is 11.5 Å². The molecule has 0 unspecified atom stereocenters. The van der Waals surface area contributed by atoms with E-state index in [2.05, 4.69) is 6.58 Å². The summed E-state index contributed by atoms with van der Waals surface area (Å²) >= 11 is 0. The molecule has 1 aliphatic rings. The van der Waals surface area contributed by atoms with Gasteiger partial charge in [0.25, 0.3) is 0 Å². The van der Waals surface area contributed by atoms with E-state index in [4.69, 9.17) is 13.9 Å². The molecule has 4 rings (SSSR count). The van der Waals surface area contributed by atoms with E-state index in [-0.39, 0.29) is 12.4 Å². The van der Waals surface area contributed by atoms with Gasteiger partial charge in [0.2, 0.25) is 0 Å². The Morgan fingerprint density at radius 2 is 2.00 bits per heavy atom. The molecule has 0 aliphatic carbocycles. The molecule has 0 fully saturated rings. The first-order chi connectivity index (χ1) is 11.6. The standard InChI is InChI=1S/C20H15FO3/c1-12-7-13(2)23-20-10-16(4-5-18(12)20)22-11-17-9-14-8-15(21)3-6-19(14)24-17/h3-10H,2,11H2,1H3. The van der Waals surface area contributed by atoms with Crippen LogP contribution in [0.3, 0.4) is 0 Å². The topological polar surface area (TPSA) is 31.6 Å². The normalized spacial score (nSPS) is 13.4. The van der Waals surface area contributed by atoms with Gasteiger partial charge in [-0.15, -0.1) is 0 Å². The second kappa shape index (κ2) is 5.57. The Kier molecular flexibility index (Phi) is 3.38. The van der Waals surface area contributed by atoms with Crippen LogP contribution in [0.15, 0.2) is 65.3 Å². The molecule has 0 amide bonds. The van der Waals surface area contributed by atoms with Gasteiger partial charge in [0, 0.05) is 17.0 Å². The number of furan rings is 1. The Labute approximate surface area is 138 Å². The zero-order chi connectivity index (χ0) is 16.7. The fourth-order valence-electron chi connectivity index (χ4n) is 2.79. The number of rotatable bonds is 3. The molecule has 0 bridgehead atoms. The average Bonchev–Trinajstić information content (AvgIpc) is 2.94. The maximum atomic E-state index is 13.2. The Balaban J connectivity index is 1.54. The van der Waals surface area contributed by atoms with Crippen LogP contribution < -0.4 is 9.47 Å². The molecule has 1 aliphatic heterocycles. The predicted molar refractivity (Wildman–Crippen MR) is 90.4 cm³/mol. The van der Waals surface area contributed by atoms with Crippen molar-refractivity contribution in [2.75, 3.05) is 0 Å². The fourth-order valence-corrected chi connectivity index (χ4v) is 2.79. The molecule has 2 heterocycles. The highest BCUT2D eigenvalue weighted by atomic mass is 19.1. The van der Waals surface area contributed by atoms with Crippen molar-refractivity contribution in [1.82, 2.24) is 0 Å². The summed E-state index contributed by atoms with van der Waals surface area (Å²) in [5, 5.41) is 0.722. The van der Waals surface area contributed by atoms with Gasteiger partial charge < -0.3 is 13.9 Å². The number of hydrogen-bond donors (Lipinski definition) is 0. The van der Waals surface area contributed by atoms with E-state index in [1.165, 1.54) is 12.1 Å². The third kappa shape index (κ3) is 2.67. The van der Waals surface area contributed by atoms with Crippen molar-refractivity contribution in [2.24, 2.45) is 0 Å². The van der Waals surface area contributed by atoms with Crippen molar-refractivity contribution in [3.05, 3.63) is 78.0 Å². The van der Waals surface area contributed by atoms with Crippen LogP contribution in [0.1, 0.15) is 18.2 Å². The lowest BCUT2D eigenvalue weighted by Crippen LogP contribution is -2.02. The Bertz CT molecular complexity index is 982. The fraction of sp³-hybridized carbons (Fsp3) is 0.100. The number of ether oxygens (including phenoxy) is 2. The van der Waals surface area contributed by atoms with Crippen LogP contribution in [0.25, 0.3) is 16.5 Å². The highest BCUT2D eigenvalue weighted by Crippen LogP contribution is 2.35. The van der Waals surface area contributed by atoms with E-state index in [1.807, 2.05) is 31.2 Å². The highest BCUT2D eigenvalue weighted by Gasteiger charge is 2.14. The van der Waals surface area contributed by atoms with Crippen LogP contribution in [0, 0.1) is 5.82 Å². The van der Waals surface area contributed by atoms with Gasteiger partial charge in [-0.2, -0.15) is 0 Å². The summed E-state index contributed by atoms with van der Waals surface area (Å²) in [6.45, 7) is 6.10. The Morgan fingerprint density at radius 1 is 1.12 bits per heavy atom. The first-order valence-corrected chi connectivity index (χ1v) is 7.59. The monoisotopic (exact) mass is 322 g/mol. The molecule has 3 aromatic rings. The average molecular weight is 322 g/mol. The minimum absolute atomic E-state index is 0.255. The Morgan fingerprint density at radius 3 is 2.88 bits per heavy atom. The molecule has 0 spiro atoms. The van der Waals surface area contributed by atoms with E-state index in [9.17, 15) is 4.39 Å². The van der Waals surface area contributed by atoms with E-state index in [0.29, 0.717) is 22.9 Å². The highest BCUT2D eigenvalue weighted by molar-refractivity contribution is 5.78. The first kappa shape index (κ1) is 14.6. The summed E-state index contributed by atoms with van der Waals surface area (Å²) in [6.07, 6.45) is 1.90. The molecule has 0 atom stereocenters. The van der Waals surface area contributed by atoms with Crippen LogP contribution in [0.2, 0.25) is 0 Å². The molecule has 0 N–H and O–H groups in total. The lowest BCUT2D eigenvalue weighted by Gasteiger charge is -2.18. The second-order valence-corrected chi connectivity index (χ2v) is 5.74. The SMILES string of the molecule is C=C1C=C(C)c2ccc(OCc3cc4cc(F)ccc4o3)cc2O1. The molecular formula is C20H15FO3. The molecule has 0 saturated heterocycles. The van der Waals surface area contributed by atoms with E-state index >= 15 is 0 Å². The smallest absolute Gasteiger partial charge is 0.146 e. The Hall–Kier alpha value is -3.01. The summed E-state index contributed by atoms with van der Waals surface area (Å²) in [6, 6.07) is 11.9. The molecule has 24 heavy (non-hydrogen) atoms. The van der Waals surface area contributed by atoms with Gasteiger partial charge in [-0.1, -0.05) is 6.58 Å². The van der Waals surface area contributed by atoms with Crippen molar-refractivity contribution in [2.45, 2.75) is 13.5 Å². The maximum absolute atomic E-state index is 13.2. The van der Waals surface area contributed by atoms with Crippen molar-refractivity contribution in [3.8, 4) is 11.5 Å². The summed E-state index contributed by atoms with van der Waals surface area (Å²) < 4.78 is 30.3. The molecule has 0 saturated carbocycles. The van der Waals surface area contributed by atoms with Gasteiger partial charge in [0.05, 0.1) is 0 Å². The summed E-state index contributed by atoms with van der Waals surface area (Å²) in [7, 11) is 0. The largest absolute Gasteiger partial charge is 0.486 e. The number of benzene rings is 2. The number of allylic oxidation sites excluding steroid dienone is 2. The van der Waals surface area contributed by atoms with Gasteiger partial charge in [-0.3, -0.25) is 0 Å². The number of fused-ring (bicyclic) bond motifs is 2. The van der Waals surface area contributed by atoms with Crippen molar-refractivity contribution in [3.63, 3.8) is 0 Å². The second-order valence-electron chi connectivity index (χ2n) is 5.74. The van der Waals surface area contributed by atoms with E-state index in [1.54, 1.807) is 12.1 Å². The van der Waals surface area contributed by atoms with Crippen LogP contribution in [-0.2, 0) is 6.61 Å². The molecule has 4 heteroatoms. The van der Waals surface area contributed by atoms with Crippen LogP contribution >= 0.6 is 0 Å². The minimum atomic E-state index is -0.286. The third-order valence-electron chi connectivity index (χ3n) is 3.91. The van der Waals surface area contributed by atoms with Crippen LogP contribution in [-0.4, -0.2) is 0 Å². The van der Waals surface area contributed by atoms with Gasteiger partial charge in [0.15, 0.2) is 0 Å². The molecule has 2 aromatic carbocycles. The van der Waals surface area contributed by atoms with Crippen molar-refractivity contribution >= 4 is 16.5 Å². The molecule has 1 aromatic heterocycles. The zero-order valence-corrected chi connectivity index (χ0v) is 13.1. The van der Waals surface area contributed by atoms with Gasteiger partial charge in [0.1, 0.15) is 41.0 Å². The quantitative estimate of drug-likeness (QED) is 0.641. The number of halogens is 1. The molecular weight excluding hydrogens is 307 g/mol. The molecule has 3 nitrogen and oxygen atoms in total. The van der Waals surface area contributed by atoms with Gasteiger partial charge in [-0.25, -0.2) is 4.39 Å². The lowest BCUT2D eigenvalue weighted by molar-refractivity contribution is 0.273. The first-order valence-electron chi connectivity index (χ1n) is 7.59. The number of hydrogen-bond acceptors (Lipinski definition) is 3. The minimum Gasteiger partial charge on any atom is -0.486 e. The maximum Gasteiger partial charge on any atom is 0.146 e. The van der Waals surface area contributed by atoms with Gasteiger partial charge in [-0.05, 0) is 55.0 Å². The van der Waals surface area contributed by atoms with E-state index in [0.717, 1.165) is 22.3 Å². The predicted octanol–water partition coefficient (Wildman–Crippen LogP) is 5.46. The van der Waals surface area contributed by atoms with Crippen molar-refractivity contribution in [1.29, 1.82) is 0 Å². The molecule has 0 radical (unpaired) electrons. The summed E-state index contributed by atoms with van der Waals surface area (Å²) in [5.41, 5.74) is 2.77. The zero-order valence-electron chi connectivity index (χ0n) is 13.1. The van der Waals surface area contributed by atoms with Crippen molar-refractivity contribution < 1.29 is 18.3 Å². The van der Waals surface area contributed by atoms with Gasteiger partial charge >= 0.3 is 0 Å². The summed E-state index contributed by atoms with van der Waals surface area (Å²) in [4.78, 5) is 0. The molecule has 120 valence electrons. The van der Waals surface area contributed by atoms with E-state index < -0.39 is 0 Å². The summed E-state index contributed by atoms with van der Waals surface area (Å²) in [5.74, 6) is 2.35.